The fourth-order valence-corrected chi connectivity index (χ4v) is 2.91. The average Bonchev–Trinajstić information content (AvgIpc) is 3.79. The fourth-order valence-electron chi connectivity index (χ4n) is 2.91. The predicted octanol–water partition coefficient (Wildman–Crippen LogP) is -6.86. The lowest BCUT2D eigenvalue weighted by Crippen LogP contribution is -3.00. The Labute approximate surface area is 244 Å². The topological polar surface area (TPSA) is 349 Å². The van der Waals surface area contributed by atoms with Crippen molar-refractivity contribution in [3.8, 4) is 17.6 Å². The van der Waals surface area contributed by atoms with Crippen LogP contribution < -0.4 is 18.1 Å². The van der Waals surface area contributed by atoms with E-state index in [1.165, 1.54) is 31.7 Å². The summed E-state index contributed by atoms with van der Waals surface area (Å²) in [5.41, 5.74) is 6.08. The van der Waals surface area contributed by atoms with Crippen LogP contribution in [0.5, 0.6) is 0 Å². The molecule has 0 aliphatic carbocycles. The van der Waals surface area contributed by atoms with Gasteiger partial charge in [-0.2, -0.15) is 5.26 Å². The zero-order valence-electron chi connectivity index (χ0n) is 22.0. The van der Waals surface area contributed by atoms with Gasteiger partial charge in [0.2, 0.25) is 5.79 Å². The highest BCUT2D eigenvalue weighted by Crippen LogP contribution is 2.27. The van der Waals surface area contributed by atoms with E-state index in [4.69, 9.17) is 30.7 Å². The number of carbonyl (C=O) groups is 1. The maximum Gasteiger partial charge on any atom is 0.207 e. The van der Waals surface area contributed by atoms with E-state index < -0.39 is 55.6 Å². The number of nitrogens with one attached hydrogen (secondary N) is 1. The molecule has 3 aromatic heterocycles. The molecule has 0 aromatic carbocycles. The summed E-state index contributed by atoms with van der Waals surface area (Å²) in [6, 6.07) is 4.88. The van der Waals surface area contributed by atoms with Gasteiger partial charge in [-0.05, 0) is 6.92 Å². The first-order valence-electron chi connectivity index (χ1n) is 11.4. The van der Waals surface area contributed by atoms with Gasteiger partial charge in [0.05, 0.1) is 25.1 Å². The number of imidazole rings is 1. The molecule has 12 N–H and O–H groups in total. The minimum Gasteiger partial charge on any atom is -1.00 e. The molecule has 1 unspecified atom stereocenters. The largest absolute Gasteiger partial charge is 1.00 e. The number of nitriles is 1. The van der Waals surface area contributed by atoms with Crippen LogP contribution in [-0.2, 0) is 9.53 Å². The molecule has 4 heterocycles. The highest BCUT2D eigenvalue weighted by molar-refractivity contribution is 5.47. The van der Waals surface area contributed by atoms with Crippen molar-refractivity contribution in [2.75, 3.05) is 19.8 Å². The Kier molecular flexibility index (Phi) is 19.9. The van der Waals surface area contributed by atoms with Crippen molar-refractivity contribution in [3.05, 3.63) is 42.2 Å². The quantitative estimate of drug-likeness (QED) is 0.109. The van der Waals surface area contributed by atoms with Gasteiger partial charge in [0.15, 0.2) is 11.5 Å². The van der Waals surface area contributed by atoms with Crippen molar-refractivity contribution in [1.82, 2.24) is 20.3 Å². The van der Waals surface area contributed by atoms with Crippen LogP contribution in [0.2, 0.25) is 0 Å². The van der Waals surface area contributed by atoms with Gasteiger partial charge in [-0.3, -0.25) is 0 Å². The highest BCUT2D eigenvalue weighted by atomic mass is 35.5. The number of H-pyrrole nitrogens is 1. The van der Waals surface area contributed by atoms with Crippen LogP contribution in [0, 0.1) is 11.3 Å². The second-order valence-electron chi connectivity index (χ2n) is 7.81. The number of hydrogen-bond acceptors (Lipinski definition) is 18. The molecule has 19 nitrogen and oxygen atoms in total. The van der Waals surface area contributed by atoms with Crippen LogP contribution in [-0.4, -0.2) is 129 Å². The Morgan fingerprint density at radius 3 is 2.17 bits per heavy atom. The Bertz CT molecular complexity index is 1130. The summed E-state index contributed by atoms with van der Waals surface area (Å²) in [5.74, 6) is -1.57. The standard InChI is InChI=1S/C10H13N3O5.C6H13NO5.C4H2N2O.C2H4O.ClH.H2O/c14-4-7(15)9(17)8(16)6-3-11-10(12-6)5-1-2-18-13-5;7-2-6(11)5(10)4(9)3(1-8)12-6;5-3-4-1-2-7-6-4;1-2-3;;/h1-3,7-9,14-17H,4H2,(H,11,12);3-5,8-11H,1-2,7H2;1-2H;2H,1H3;1H;1H2/p-2/t7-,8-,9-;3-,4-,5+,6?;;;;/m11..../s1. The van der Waals surface area contributed by atoms with E-state index in [2.05, 4.69) is 29.3 Å². The number of nitrogens with two attached hydrogens (primary N) is 1. The molecule has 1 fully saturated rings. The minimum absolute atomic E-state index is 0. The van der Waals surface area contributed by atoms with Crippen LogP contribution in [0.1, 0.15) is 24.4 Å². The number of hydrogen-bond donors (Lipinski definition) is 10. The Morgan fingerprint density at radius 1 is 1.19 bits per heavy atom. The van der Waals surface area contributed by atoms with Crippen molar-refractivity contribution in [3.63, 3.8) is 0 Å². The Morgan fingerprint density at radius 2 is 1.79 bits per heavy atom. The first-order chi connectivity index (χ1) is 19.0. The molecule has 1 aliphatic rings. The molecule has 0 spiro atoms. The molecule has 0 radical (unpaired) electrons. The van der Waals surface area contributed by atoms with Crippen LogP contribution in [0.4, 0.5) is 0 Å². The van der Waals surface area contributed by atoms with Crippen LogP contribution >= 0.6 is 0 Å². The SMILES string of the molecule is CC=O.N#Cc1ccon1.NCC1(O)O[C@H](CO)[C@@H](O)[C@@H]1O.OC[C@@H](O)[C@@H](O)[C@H](O)c1cnc(-c2ccon2)[nH]1.[Cl-].[OH-]. The summed E-state index contributed by atoms with van der Waals surface area (Å²) in [7, 11) is 0. The lowest BCUT2D eigenvalue weighted by Gasteiger charge is -2.23. The number of aldehydes is 1. The third-order valence-corrected chi connectivity index (χ3v) is 5.05. The monoisotopic (exact) mass is 624 g/mol. The van der Waals surface area contributed by atoms with E-state index in [1.54, 1.807) is 12.1 Å². The molecular weight excluding hydrogens is 592 g/mol. The minimum atomic E-state index is -1.94. The zero-order chi connectivity index (χ0) is 30.3. The molecular formula is C22H33ClN6O13-2. The van der Waals surface area contributed by atoms with Gasteiger partial charge < -0.3 is 88.0 Å². The van der Waals surface area contributed by atoms with Gasteiger partial charge in [-0.15, -0.1) is 0 Å². The van der Waals surface area contributed by atoms with Crippen molar-refractivity contribution < 1.29 is 77.3 Å². The lowest BCUT2D eigenvalue weighted by atomic mass is 10.1. The normalized spacial score (nSPS) is 22.5. The van der Waals surface area contributed by atoms with Crippen LogP contribution in [0.25, 0.3) is 11.5 Å². The third kappa shape index (κ3) is 11.5. The molecule has 238 valence electrons. The second kappa shape index (κ2) is 20.5. The molecule has 7 atom stereocenters. The van der Waals surface area contributed by atoms with E-state index in [1.807, 2.05) is 0 Å². The summed E-state index contributed by atoms with van der Waals surface area (Å²) < 4.78 is 13.7. The molecule has 1 saturated heterocycles. The van der Waals surface area contributed by atoms with Crippen molar-refractivity contribution >= 4 is 6.29 Å². The van der Waals surface area contributed by atoms with E-state index in [0.717, 1.165) is 6.29 Å². The summed E-state index contributed by atoms with van der Waals surface area (Å²) in [5, 5.41) is 88.6. The van der Waals surface area contributed by atoms with E-state index in [0.29, 0.717) is 17.2 Å². The molecule has 0 amide bonds. The van der Waals surface area contributed by atoms with E-state index in [-0.39, 0.29) is 30.1 Å². The molecule has 3 aromatic rings. The molecule has 20 heteroatoms. The van der Waals surface area contributed by atoms with Crippen LogP contribution in [0.3, 0.4) is 0 Å². The Hall–Kier alpha value is -3.36. The molecule has 4 rings (SSSR count). The number of rotatable bonds is 7. The molecule has 0 bridgehead atoms. The lowest BCUT2D eigenvalue weighted by molar-refractivity contribution is -0.222. The molecule has 1 aliphatic heterocycles. The average molecular weight is 625 g/mol. The van der Waals surface area contributed by atoms with Gasteiger partial charge in [-0.25, -0.2) is 4.98 Å². The zero-order valence-corrected chi connectivity index (χ0v) is 22.7. The van der Waals surface area contributed by atoms with Crippen molar-refractivity contribution in [1.29, 1.82) is 5.26 Å². The third-order valence-electron chi connectivity index (χ3n) is 5.05. The molecule has 42 heavy (non-hydrogen) atoms. The van der Waals surface area contributed by atoms with Gasteiger partial charge in [0, 0.05) is 18.7 Å². The summed E-state index contributed by atoms with van der Waals surface area (Å²) >= 11 is 0. The maximum absolute atomic E-state index is 9.77. The van der Waals surface area contributed by atoms with Crippen molar-refractivity contribution in [2.45, 2.75) is 49.3 Å². The number of aliphatic hydroxyl groups is 8. The number of ether oxygens (including phenoxy) is 1. The van der Waals surface area contributed by atoms with Gasteiger partial charge in [0.1, 0.15) is 67.2 Å². The number of aromatic amines is 1. The first-order valence-corrected chi connectivity index (χ1v) is 11.4. The van der Waals surface area contributed by atoms with Gasteiger partial charge in [0.25, 0.3) is 0 Å². The van der Waals surface area contributed by atoms with Crippen LogP contribution in [0.15, 0.2) is 39.9 Å². The number of carbonyl (C=O) groups excluding carboxylic acids is 1. The number of halogens is 1. The second-order valence-corrected chi connectivity index (χ2v) is 7.81. The summed E-state index contributed by atoms with van der Waals surface area (Å²) in [4.78, 5) is 15.5. The fraction of sp³-hybridized carbons (Fsp3) is 0.500. The van der Waals surface area contributed by atoms with Gasteiger partial charge >= 0.3 is 0 Å². The smallest absolute Gasteiger partial charge is 0.207 e. The summed E-state index contributed by atoms with van der Waals surface area (Å²) in [6.07, 6.45) is -3.30. The number of aliphatic hydroxyl groups excluding tert-OH is 7. The van der Waals surface area contributed by atoms with E-state index >= 15 is 0 Å². The predicted molar refractivity (Wildman–Crippen MR) is 131 cm³/mol. The summed E-state index contributed by atoms with van der Waals surface area (Å²) in [6.45, 7) is -0.00916. The number of aromatic nitrogens is 4. The first kappa shape index (κ1) is 40.8. The maximum atomic E-state index is 9.77. The van der Waals surface area contributed by atoms with Gasteiger partial charge in [-0.1, -0.05) is 10.3 Å². The number of nitrogens with zero attached hydrogens (tertiary/aromatic N) is 4. The van der Waals surface area contributed by atoms with E-state index in [9.17, 15) is 30.6 Å². The highest BCUT2D eigenvalue weighted by Gasteiger charge is 2.52. The molecule has 0 saturated carbocycles. The Balaban J connectivity index is 0. The van der Waals surface area contributed by atoms with Crippen molar-refractivity contribution in [2.24, 2.45) is 5.73 Å².